The molecule has 1 atom stereocenters. The van der Waals surface area contributed by atoms with E-state index in [0.29, 0.717) is 22.0 Å². The lowest BCUT2D eigenvalue weighted by atomic mass is 9.95. The fraction of sp³-hybridized carbons (Fsp3) is 0.381. The van der Waals surface area contributed by atoms with Gasteiger partial charge in [-0.25, -0.2) is 4.79 Å². The Morgan fingerprint density at radius 2 is 1.90 bits per heavy atom. The zero-order chi connectivity index (χ0) is 21.0. The molecule has 8 heteroatoms. The van der Waals surface area contributed by atoms with Gasteiger partial charge in [-0.2, -0.15) is 0 Å². The monoisotopic (exact) mass is 416 g/mol. The molecule has 0 radical (unpaired) electrons. The molecule has 1 aliphatic carbocycles. The average molecular weight is 416 g/mol. The van der Waals surface area contributed by atoms with Crippen molar-refractivity contribution in [2.75, 3.05) is 17.7 Å². The van der Waals surface area contributed by atoms with Gasteiger partial charge < -0.3 is 20.1 Å². The molecule has 0 spiro atoms. The summed E-state index contributed by atoms with van der Waals surface area (Å²) in [6.45, 7) is 2.92. The summed E-state index contributed by atoms with van der Waals surface area (Å²) in [5.74, 6) is -0.683. The van der Waals surface area contributed by atoms with Crippen molar-refractivity contribution in [1.29, 1.82) is 0 Å². The number of hydrogen-bond acceptors (Lipinski definition) is 6. The number of carbonyl (C=O) groups excluding carboxylic acids is 3. The van der Waals surface area contributed by atoms with Crippen LogP contribution < -0.4 is 15.4 Å². The second-order valence-corrected chi connectivity index (χ2v) is 7.97. The van der Waals surface area contributed by atoms with Gasteiger partial charge in [0.15, 0.2) is 6.10 Å². The van der Waals surface area contributed by atoms with E-state index in [-0.39, 0.29) is 5.91 Å². The van der Waals surface area contributed by atoms with Crippen LogP contribution >= 0.6 is 11.3 Å². The summed E-state index contributed by atoms with van der Waals surface area (Å²) in [6.07, 6.45) is 2.68. The first-order valence-electron chi connectivity index (χ1n) is 9.47. The molecule has 0 bridgehead atoms. The molecule has 1 aromatic heterocycles. The summed E-state index contributed by atoms with van der Waals surface area (Å²) in [7, 11) is 1.54. The van der Waals surface area contributed by atoms with Crippen molar-refractivity contribution in [2.24, 2.45) is 0 Å². The average Bonchev–Trinajstić information content (AvgIpc) is 3.05. The van der Waals surface area contributed by atoms with E-state index in [2.05, 4.69) is 10.6 Å². The first kappa shape index (κ1) is 20.9. The number of carbonyl (C=O) groups is 3. The van der Waals surface area contributed by atoms with Gasteiger partial charge in [-0.05, 0) is 50.3 Å². The van der Waals surface area contributed by atoms with Crippen molar-refractivity contribution in [3.63, 3.8) is 0 Å². The third-order valence-corrected chi connectivity index (χ3v) is 5.86. The normalized spacial score (nSPS) is 13.8. The molecule has 0 aliphatic heterocycles. The van der Waals surface area contributed by atoms with Crippen LogP contribution in [0.4, 0.5) is 10.7 Å². The van der Waals surface area contributed by atoms with Crippen LogP contribution in [0.25, 0.3) is 0 Å². The smallest absolute Gasteiger partial charge is 0.342 e. The maximum Gasteiger partial charge on any atom is 0.342 e. The van der Waals surface area contributed by atoms with Crippen molar-refractivity contribution < 1.29 is 23.9 Å². The predicted octanol–water partition coefficient (Wildman–Crippen LogP) is 3.78. The molecule has 0 fully saturated rings. The molecule has 0 saturated carbocycles. The first-order valence-corrected chi connectivity index (χ1v) is 10.3. The predicted molar refractivity (Wildman–Crippen MR) is 112 cm³/mol. The third kappa shape index (κ3) is 4.95. The van der Waals surface area contributed by atoms with Crippen LogP contribution in [0, 0.1) is 0 Å². The van der Waals surface area contributed by atoms with Crippen molar-refractivity contribution >= 4 is 39.8 Å². The van der Waals surface area contributed by atoms with Crippen LogP contribution in [0.2, 0.25) is 0 Å². The maximum absolute atomic E-state index is 12.9. The quantitative estimate of drug-likeness (QED) is 0.699. The molecule has 2 N–H and O–H groups in total. The van der Waals surface area contributed by atoms with Crippen LogP contribution in [-0.4, -0.2) is 31.0 Å². The molecule has 2 amide bonds. The Kier molecular flexibility index (Phi) is 6.53. The number of esters is 1. The number of hydrogen-bond donors (Lipinski definition) is 2. The van der Waals surface area contributed by atoms with Crippen LogP contribution in [0.5, 0.6) is 5.75 Å². The van der Waals surface area contributed by atoms with Gasteiger partial charge in [0, 0.05) is 23.6 Å². The van der Waals surface area contributed by atoms with Gasteiger partial charge in [0.1, 0.15) is 10.8 Å². The third-order valence-electron chi connectivity index (χ3n) is 4.66. The summed E-state index contributed by atoms with van der Waals surface area (Å²) in [4.78, 5) is 38.0. The molecule has 2 aromatic rings. The number of fused-ring (bicyclic) bond motifs is 1. The van der Waals surface area contributed by atoms with Gasteiger partial charge in [-0.1, -0.05) is 6.07 Å². The Hall–Kier alpha value is -2.87. The summed E-state index contributed by atoms with van der Waals surface area (Å²) in [6, 6.07) is 6.92. The Bertz CT molecular complexity index is 937. The van der Waals surface area contributed by atoms with Crippen LogP contribution in [0.3, 0.4) is 0 Å². The number of methoxy groups -OCH3 is 1. The Morgan fingerprint density at radius 3 is 2.62 bits per heavy atom. The number of amides is 2. The summed E-state index contributed by atoms with van der Waals surface area (Å²) in [5, 5.41) is 5.94. The largest absolute Gasteiger partial charge is 0.497 e. The molecular formula is C21H24N2O5S. The first-order chi connectivity index (χ1) is 13.9. The standard InChI is InChI=1S/C21H24N2O5S/c1-12(19(25)23-14-7-6-8-15(11-14)27-3)28-21(26)18-16-9-4-5-10-17(16)29-20(18)22-13(2)24/h6-8,11-12H,4-5,9-10H2,1-3H3,(H,22,24)(H,23,25)/t12-/m1/s1. The van der Waals surface area contributed by atoms with E-state index < -0.39 is 18.0 Å². The Labute approximate surface area is 173 Å². The molecule has 0 saturated heterocycles. The van der Waals surface area contributed by atoms with E-state index >= 15 is 0 Å². The molecule has 1 aliphatic rings. The van der Waals surface area contributed by atoms with Crippen molar-refractivity contribution in [3.05, 3.63) is 40.3 Å². The highest BCUT2D eigenvalue weighted by Gasteiger charge is 2.29. The second kappa shape index (κ2) is 9.09. The molecule has 0 unspecified atom stereocenters. The van der Waals surface area contributed by atoms with Gasteiger partial charge >= 0.3 is 5.97 Å². The van der Waals surface area contributed by atoms with Crippen molar-refractivity contribution in [1.82, 2.24) is 0 Å². The van der Waals surface area contributed by atoms with E-state index in [4.69, 9.17) is 9.47 Å². The minimum absolute atomic E-state index is 0.249. The van der Waals surface area contributed by atoms with E-state index in [1.54, 1.807) is 31.4 Å². The number of ether oxygens (including phenoxy) is 2. The van der Waals surface area contributed by atoms with E-state index in [9.17, 15) is 14.4 Å². The molecule has 1 aromatic carbocycles. The number of benzene rings is 1. The van der Waals surface area contributed by atoms with Crippen molar-refractivity contribution in [2.45, 2.75) is 45.6 Å². The lowest BCUT2D eigenvalue weighted by Gasteiger charge is -2.16. The summed E-state index contributed by atoms with van der Waals surface area (Å²) < 4.78 is 10.6. The molecule has 3 rings (SSSR count). The summed E-state index contributed by atoms with van der Waals surface area (Å²) in [5.41, 5.74) is 1.85. The molecule has 1 heterocycles. The van der Waals surface area contributed by atoms with E-state index in [1.807, 2.05) is 0 Å². The van der Waals surface area contributed by atoms with Gasteiger partial charge in [-0.15, -0.1) is 11.3 Å². The second-order valence-electron chi connectivity index (χ2n) is 6.86. The van der Waals surface area contributed by atoms with Crippen LogP contribution in [-0.2, 0) is 27.2 Å². The highest BCUT2D eigenvalue weighted by molar-refractivity contribution is 7.17. The van der Waals surface area contributed by atoms with Crippen molar-refractivity contribution in [3.8, 4) is 5.75 Å². The van der Waals surface area contributed by atoms with Gasteiger partial charge in [0.05, 0.1) is 12.7 Å². The van der Waals surface area contributed by atoms with Gasteiger partial charge in [-0.3, -0.25) is 9.59 Å². The Balaban J connectivity index is 1.74. The fourth-order valence-corrected chi connectivity index (χ4v) is 4.57. The highest BCUT2D eigenvalue weighted by Crippen LogP contribution is 2.38. The lowest BCUT2D eigenvalue weighted by molar-refractivity contribution is -0.123. The topological polar surface area (TPSA) is 93.7 Å². The van der Waals surface area contributed by atoms with E-state index in [0.717, 1.165) is 36.1 Å². The number of nitrogens with one attached hydrogen (secondary N) is 2. The SMILES string of the molecule is COc1cccc(NC(=O)[C@@H](C)OC(=O)c2c(NC(C)=O)sc3c2CCCC3)c1. The molecule has 154 valence electrons. The zero-order valence-electron chi connectivity index (χ0n) is 16.7. The fourth-order valence-electron chi connectivity index (χ4n) is 3.25. The lowest BCUT2D eigenvalue weighted by Crippen LogP contribution is -2.30. The van der Waals surface area contributed by atoms with Crippen LogP contribution in [0.1, 0.15) is 47.5 Å². The number of thiophene rings is 1. The van der Waals surface area contributed by atoms with Gasteiger partial charge in [0.2, 0.25) is 5.91 Å². The number of anilines is 2. The van der Waals surface area contributed by atoms with Gasteiger partial charge in [0.25, 0.3) is 5.91 Å². The number of aryl methyl sites for hydroxylation is 1. The molecular weight excluding hydrogens is 392 g/mol. The van der Waals surface area contributed by atoms with Crippen LogP contribution in [0.15, 0.2) is 24.3 Å². The minimum Gasteiger partial charge on any atom is -0.497 e. The maximum atomic E-state index is 12.9. The highest BCUT2D eigenvalue weighted by atomic mass is 32.1. The number of rotatable bonds is 6. The van der Waals surface area contributed by atoms with E-state index in [1.165, 1.54) is 25.2 Å². The zero-order valence-corrected chi connectivity index (χ0v) is 17.5. The molecule has 29 heavy (non-hydrogen) atoms. The molecule has 7 nitrogen and oxygen atoms in total. The Morgan fingerprint density at radius 1 is 1.14 bits per heavy atom. The summed E-state index contributed by atoms with van der Waals surface area (Å²) >= 11 is 1.41. The minimum atomic E-state index is -1.00.